The Kier molecular flexibility index (Phi) is 5.86. The van der Waals surface area contributed by atoms with Crippen molar-refractivity contribution in [1.82, 2.24) is 0 Å². The highest BCUT2D eigenvalue weighted by atomic mass is 35.5. The van der Waals surface area contributed by atoms with Gasteiger partial charge in [-0.3, -0.25) is 4.79 Å². The quantitative estimate of drug-likeness (QED) is 0.610. The third kappa shape index (κ3) is 4.95. The van der Waals surface area contributed by atoms with E-state index in [1.807, 2.05) is 0 Å². The summed E-state index contributed by atoms with van der Waals surface area (Å²) < 4.78 is 55.4. The Balaban J connectivity index is 2.00. The lowest BCUT2D eigenvalue weighted by molar-refractivity contribution is -0.137. The Labute approximate surface area is 150 Å². The van der Waals surface area contributed by atoms with Crippen molar-refractivity contribution in [1.29, 1.82) is 0 Å². The maximum atomic E-state index is 13.0. The van der Waals surface area contributed by atoms with Crippen LogP contribution >= 0.6 is 11.6 Å². The molecular weight excluding hydrogens is 378 g/mol. The molecule has 0 fully saturated rings. The molecule has 0 radical (unpaired) electrons. The van der Waals surface area contributed by atoms with Crippen LogP contribution < -0.4 is 5.32 Å². The Hall–Kier alpha value is -2.61. The minimum Gasteiger partial charge on any atom is -0.449 e. The number of benzene rings is 2. The molecule has 0 aliphatic rings. The van der Waals surface area contributed by atoms with Gasteiger partial charge in [0.25, 0.3) is 5.91 Å². The van der Waals surface area contributed by atoms with Crippen LogP contribution in [0.15, 0.2) is 42.5 Å². The lowest BCUT2D eigenvalue weighted by Gasteiger charge is -2.14. The first-order valence-electron chi connectivity index (χ1n) is 7.22. The molecule has 0 bridgehead atoms. The summed E-state index contributed by atoms with van der Waals surface area (Å²) in [5.41, 5.74) is -0.932. The van der Waals surface area contributed by atoms with Gasteiger partial charge < -0.3 is 10.1 Å². The summed E-state index contributed by atoms with van der Waals surface area (Å²) in [7, 11) is 0. The first kappa shape index (κ1) is 19.7. The number of amides is 1. The van der Waals surface area contributed by atoms with E-state index in [1.165, 1.54) is 13.0 Å². The minimum atomic E-state index is -4.52. The summed E-state index contributed by atoms with van der Waals surface area (Å²) in [6.45, 7) is 1.27. The first-order chi connectivity index (χ1) is 12.1. The van der Waals surface area contributed by atoms with Gasteiger partial charge in [0, 0.05) is 0 Å². The molecule has 0 aliphatic carbocycles. The lowest BCUT2D eigenvalue weighted by atomic mass is 10.1. The third-order valence-corrected chi connectivity index (χ3v) is 3.60. The summed E-state index contributed by atoms with van der Waals surface area (Å²) in [6.07, 6.45) is -5.78. The van der Waals surface area contributed by atoms with Gasteiger partial charge in [-0.25, -0.2) is 9.18 Å². The summed E-state index contributed by atoms with van der Waals surface area (Å²) in [5.74, 6) is -2.29. The summed E-state index contributed by atoms with van der Waals surface area (Å²) in [4.78, 5) is 23.9. The number of hydrogen-bond acceptors (Lipinski definition) is 3. The molecule has 1 amide bonds. The third-order valence-electron chi connectivity index (χ3n) is 3.29. The summed E-state index contributed by atoms with van der Waals surface area (Å²) >= 11 is 5.78. The van der Waals surface area contributed by atoms with Crippen LogP contribution in [0.1, 0.15) is 22.8 Å². The van der Waals surface area contributed by atoms with Gasteiger partial charge in [0.05, 0.1) is 21.8 Å². The van der Waals surface area contributed by atoms with Crippen molar-refractivity contribution in [3.05, 3.63) is 64.4 Å². The summed E-state index contributed by atoms with van der Waals surface area (Å²) in [6, 6.07) is 6.69. The molecule has 0 spiro atoms. The van der Waals surface area contributed by atoms with Crippen molar-refractivity contribution in [2.75, 3.05) is 5.32 Å². The van der Waals surface area contributed by atoms with E-state index in [0.717, 1.165) is 36.4 Å². The van der Waals surface area contributed by atoms with E-state index in [1.54, 1.807) is 0 Å². The van der Waals surface area contributed by atoms with Crippen molar-refractivity contribution >= 4 is 29.2 Å². The molecule has 2 rings (SSSR count). The Morgan fingerprint density at radius 1 is 1.12 bits per heavy atom. The SMILES string of the molecule is C[C@@H](OC(=O)c1ccc(C(F)(F)F)cc1)C(=O)Nc1ccc(F)cc1Cl. The van der Waals surface area contributed by atoms with Crippen LogP contribution in [0.4, 0.5) is 23.2 Å². The fourth-order valence-corrected chi connectivity index (χ4v) is 2.12. The number of nitrogens with one attached hydrogen (secondary N) is 1. The molecule has 0 heterocycles. The standard InChI is InChI=1S/C17H12ClF4NO3/c1-9(15(24)23-14-7-6-12(19)8-13(14)18)26-16(25)10-2-4-11(5-3-10)17(20,21)22/h2-9H,1H3,(H,23,24)/t9-/m1/s1. The van der Waals surface area contributed by atoms with Crippen LogP contribution in [-0.4, -0.2) is 18.0 Å². The van der Waals surface area contributed by atoms with Crippen LogP contribution in [0, 0.1) is 5.82 Å². The molecule has 0 saturated heterocycles. The van der Waals surface area contributed by atoms with Crippen LogP contribution in [0.5, 0.6) is 0 Å². The molecule has 1 atom stereocenters. The van der Waals surface area contributed by atoms with Gasteiger partial charge >= 0.3 is 12.1 Å². The van der Waals surface area contributed by atoms with E-state index < -0.39 is 35.5 Å². The normalized spacial score (nSPS) is 12.4. The number of halogens is 5. The lowest BCUT2D eigenvalue weighted by Crippen LogP contribution is -2.30. The van der Waals surface area contributed by atoms with Crippen molar-refractivity contribution in [2.24, 2.45) is 0 Å². The minimum absolute atomic E-state index is 0.0420. The number of carbonyl (C=O) groups is 2. The molecule has 26 heavy (non-hydrogen) atoms. The Bertz CT molecular complexity index is 822. The first-order valence-corrected chi connectivity index (χ1v) is 7.60. The summed E-state index contributed by atoms with van der Waals surface area (Å²) in [5, 5.41) is 2.32. The molecule has 2 aromatic carbocycles. The molecule has 138 valence electrons. The van der Waals surface area contributed by atoms with Gasteiger partial charge in [-0.05, 0) is 49.4 Å². The van der Waals surface area contributed by atoms with E-state index in [2.05, 4.69) is 5.32 Å². The van der Waals surface area contributed by atoms with Crippen LogP contribution in [0.2, 0.25) is 5.02 Å². The average Bonchev–Trinajstić information content (AvgIpc) is 2.56. The number of carbonyl (C=O) groups excluding carboxylic acids is 2. The zero-order valence-corrected chi connectivity index (χ0v) is 14.0. The second-order valence-corrected chi connectivity index (χ2v) is 5.64. The van der Waals surface area contributed by atoms with E-state index in [9.17, 15) is 27.2 Å². The number of ether oxygens (including phenoxy) is 1. The second-order valence-electron chi connectivity index (χ2n) is 5.24. The highest BCUT2D eigenvalue weighted by Crippen LogP contribution is 2.29. The molecule has 2 aromatic rings. The zero-order valence-electron chi connectivity index (χ0n) is 13.2. The van der Waals surface area contributed by atoms with Gasteiger partial charge in [-0.2, -0.15) is 13.2 Å². The number of alkyl halides is 3. The molecule has 1 N–H and O–H groups in total. The molecule has 0 unspecified atom stereocenters. The predicted octanol–water partition coefficient (Wildman–Crippen LogP) is 4.68. The van der Waals surface area contributed by atoms with E-state index in [0.29, 0.717) is 0 Å². The maximum Gasteiger partial charge on any atom is 0.416 e. The number of esters is 1. The van der Waals surface area contributed by atoms with Gasteiger partial charge in [-0.15, -0.1) is 0 Å². The number of rotatable bonds is 4. The number of anilines is 1. The van der Waals surface area contributed by atoms with Gasteiger partial charge in [-0.1, -0.05) is 11.6 Å². The second kappa shape index (κ2) is 7.74. The molecular formula is C17H12ClF4NO3. The highest BCUT2D eigenvalue weighted by Gasteiger charge is 2.30. The highest BCUT2D eigenvalue weighted by molar-refractivity contribution is 6.33. The van der Waals surface area contributed by atoms with Crippen molar-refractivity contribution < 1.29 is 31.9 Å². The van der Waals surface area contributed by atoms with Gasteiger partial charge in [0.15, 0.2) is 6.10 Å². The zero-order chi connectivity index (χ0) is 19.5. The van der Waals surface area contributed by atoms with Crippen molar-refractivity contribution in [3.8, 4) is 0 Å². The monoisotopic (exact) mass is 389 g/mol. The molecule has 0 saturated carbocycles. The predicted molar refractivity (Wildman–Crippen MR) is 86.4 cm³/mol. The fraction of sp³-hybridized carbons (Fsp3) is 0.176. The maximum absolute atomic E-state index is 13.0. The smallest absolute Gasteiger partial charge is 0.416 e. The largest absolute Gasteiger partial charge is 0.449 e. The molecule has 4 nitrogen and oxygen atoms in total. The van der Waals surface area contributed by atoms with Crippen LogP contribution in [0.25, 0.3) is 0 Å². The van der Waals surface area contributed by atoms with E-state index in [-0.39, 0.29) is 16.3 Å². The van der Waals surface area contributed by atoms with Crippen molar-refractivity contribution in [2.45, 2.75) is 19.2 Å². The molecule has 0 aromatic heterocycles. The van der Waals surface area contributed by atoms with Crippen LogP contribution in [0.3, 0.4) is 0 Å². The fourth-order valence-electron chi connectivity index (χ4n) is 1.90. The van der Waals surface area contributed by atoms with Gasteiger partial charge in [0.1, 0.15) is 5.82 Å². The van der Waals surface area contributed by atoms with Gasteiger partial charge in [0.2, 0.25) is 0 Å². The Morgan fingerprint density at radius 3 is 2.27 bits per heavy atom. The van der Waals surface area contributed by atoms with Crippen molar-refractivity contribution in [3.63, 3.8) is 0 Å². The van der Waals surface area contributed by atoms with E-state index >= 15 is 0 Å². The Morgan fingerprint density at radius 2 is 1.73 bits per heavy atom. The average molecular weight is 390 g/mol. The van der Waals surface area contributed by atoms with Crippen LogP contribution in [-0.2, 0) is 15.7 Å². The molecule has 0 aliphatic heterocycles. The van der Waals surface area contributed by atoms with E-state index in [4.69, 9.17) is 16.3 Å². The topological polar surface area (TPSA) is 55.4 Å². The molecule has 9 heteroatoms. The number of hydrogen-bond donors (Lipinski definition) is 1.